The van der Waals surface area contributed by atoms with Crippen LogP contribution < -0.4 is 0 Å². The first-order valence-corrected chi connectivity index (χ1v) is 13.9. The molecule has 1 saturated carbocycles. The van der Waals surface area contributed by atoms with Crippen molar-refractivity contribution in [2.75, 3.05) is 13.1 Å². The maximum Gasteiger partial charge on any atom is 0.254 e. The molecule has 1 aliphatic heterocycles. The molecule has 1 unspecified atom stereocenters. The van der Waals surface area contributed by atoms with Crippen LogP contribution >= 0.6 is 27.3 Å². The summed E-state index contributed by atoms with van der Waals surface area (Å²) in [5, 5.41) is 2.13. The van der Waals surface area contributed by atoms with Crippen molar-refractivity contribution in [3.8, 4) is 0 Å². The summed E-state index contributed by atoms with van der Waals surface area (Å²) >= 11 is 5.20. The van der Waals surface area contributed by atoms with Crippen molar-refractivity contribution in [3.05, 3.63) is 91.6 Å². The van der Waals surface area contributed by atoms with Crippen LogP contribution in [0.5, 0.6) is 0 Å². The number of halogens is 1. The highest BCUT2D eigenvalue weighted by Crippen LogP contribution is 2.39. The molecule has 2 aliphatic rings. The second-order valence-electron chi connectivity index (χ2n) is 10.6. The van der Waals surface area contributed by atoms with Gasteiger partial charge in [-0.15, -0.1) is 11.3 Å². The Kier molecular flexibility index (Phi) is 6.62. The van der Waals surface area contributed by atoms with Gasteiger partial charge in [0.05, 0.1) is 6.04 Å². The molecular weight excluding hydrogens is 520 g/mol. The molecule has 1 fully saturated rings. The van der Waals surface area contributed by atoms with Gasteiger partial charge in [0.1, 0.15) is 6.54 Å². The Morgan fingerprint density at radius 1 is 1.03 bits per heavy atom. The Hall–Kier alpha value is -2.44. The van der Waals surface area contributed by atoms with Crippen molar-refractivity contribution in [3.63, 3.8) is 0 Å². The lowest BCUT2D eigenvalue weighted by molar-refractivity contribution is -0.134. The van der Waals surface area contributed by atoms with Crippen molar-refractivity contribution in [2.45, 2.75) is 57.5 Å². The van der Waals surface area contributed by atoms with Gasteiger partial charge in [-0.2, -0.15) is 0 Å². The number of carbonyl (C=O) groups is 2. The van der Waals surface area contributed by atoms with Crippen molar-refractivity contribution >= 4 is 39.1 Å². The van der Waals surface area contributed by atoms with Gasteiger partial charge in [-0.3, -0.25) is 9.59 Å². The molecule has 2 aromatic carbocycles. The first-order chi connectivity index (χ1) is 16.7. The van der Waals surface area contributed by atoms with Gasteiger partial charge in [0.15, 0.2) is 0 Å². The highest BCUT2D eigenvalue weighted by atomic mass is 79.9. The number of nitrogens with zero attached hydrogens (tertiary/aromatic N) is 2. The summed E-state index contributed by atoms with van der Waals surface area (Å²) in [4.78, 5) is 32.3. The quantitative estimate of drug-likeness (QED) is 0.359. The van der Waals surface area contributed by atoms with Gasteiger partial charge in [-0.1, -0.05) is 61.0 Å². The number of benzene rings is 2. The lowest BCUT2D eigenvalue weighted by Crippen LogP contribution is -2.47. The average molecular weight is 552 g/mol. The smallest absolute Gasteiger partial charge is 0.254 e. The van der Waals surface area contributed by atoms with Crippen LogP contribution in [0, 0.1) is 0 Å². The monoisotopic (exact) mass is 550 g/mol. The summed E-state index contributed by atoms with van der Waals surface area (Å²) < 4.78 is 0.934. The van der Waals surface area contributed by atoms with Crippen LogP contribution in [0.2, 0.25) is 0 Å². The van der Waals surface area contributed by atoms with Gasteiger partial charge >= 0.3 is 0 Å². The van der Waals surface area contributed by atoms with Crippen molar-refractivity contribution in [1.29, 1.82) is 0 Å². The highest BCUT2D eigenvalue weighted by molar-refractivity contribution is 9.10. The summed E-state index contributed by atoms with van der Waals surface area (Å²) in [6, 6.07) is 18.3. The third-order valence-corrected chi connectivity index (χ3v) is 8.55. The minimum absolute atomic E-state index is 0.0177. The normalized spacial score (nSPS) is 17.7. The van der Waals surface area contributed by atoms with E-state index in [0.29, 0.717) is 12.1 Å². The Morgan fingerprint density at radius 3 is 2.34 bits per heavy atom. The zero-order valence-corrected chi connectivity index (χ0v) is 22.9. The number of hydrogen-bond donors (Lipinski definition) is 0. The number of hydrogen-bond acceptors (Lipinski definition) is 3. The number of fused-ring (bicyclic) bond motifs is 1. The zero-order valence-electron chi connectivity index (χ0n) is 20.5. The molecule has 0 spiro atoms. The van der Waals surface area contributed by atoms with E-state index < -0.39 is 0 Å². The average Bonchev–Trinajstić information content (AvgIpc) is 3.57. The standard InChI is InChI=1S/C29H31BrN2O2S/c1-29(2,3)21-8-4-19(5-9-21)27-24-15-17-35-25(24)14-16-31(27)26(33)18-32(23-12-13-23)28(34)20-6-10-22(30)11-7-20/h4-11,15,17,23,27H,12-14,16,18H2,1-3H3. The van der Waals surface area contributed by atoms with E-state index in [1.165, 1.54) is 16.0 Å². The van der Waals surface area contributed by atoms with Crippen LogP contribution in [0.25, 0.3) is 0 Å². The Morgan fingerprint density at radius 2 is 1.71 bits per heavy atom. The highest BCUT2D eigenvalue weighted by Gasteiger charge is 2.38. The molecule has 0 bridgehead atoms. The SMILES string of the molecule is CC(C)(C)c1ccc(C2c3ccsc3CCN2C(=O)CN(C(=O)c2ccc(Br)cc2)C2CC2)cc1. The van der Waals surface area contributed by atoms with Crippen LogP contribution in [0.1, 0.15) is 71.6 Å². The zero-order chi connectivity index (χ0) is 24.7. The second kappa shape index (κ2) is 9.55. The first-order valence-electron chi connectivity index (χ1n) is 12.2. The largest absolute Gasteiger partial charge is 0.330 e. The third kappa shape index (κ3) is 5.10. The molecule has 3 aromatic rings. The van der Waals surface area contributed by atoms with Crippen molar-refractivity contribution in [2.24, 2.45) is 0 Å². The van der Waals surface area contributed by atoms with E-state index in [9.17, 15) is 9.59 Å². The fraction of sp³-hybridized carbons (Fsp3) is 0.379. The summed E-state index contributed by atoms with van der Waals surface area (Å²) in [7, 11) is 0. The summed E-state index contributed by atoms with van der Waals surface area (Å²) in [5.41, 5.74) is 4.33. The maximum absolute atomic E-state index is 13.8. The molecule has 2 heterocycles. The number of amides is 2. The Bertz CT molecular complexity index is 1220. The predicted molar refractivity (Wildman–Crippen MR) is 145 cm³/mol. The fourth-order valence-corrected chi connectivity index (χ4v) is 6.03. The molecule has 0 radical (unpaired) electrons. The maximum atomic E-state index is 13.8. The van der Waals surface area contributed by atoms with Gasteiger partial charge in [-0.25, -0.2) is 0 Å². The summed E-state index contributed by atoms with van der Waals surface area (Å²) in [5.74, 6) is -0.0447. The molecule has 1 atom stereocenters. The lowest BCUT2D eigenvalue weighted by Gasteiger charge is -2.38. The van der Waals surface area contributed by atoms with Crippen LogP contribution in [-0.4, -0.2) is 40.7 Å². The molecule has 0 N–H and O–H groups in total. The van der Waals surface area contributed by atoms with Crippen LogP contribution in [0.15, 0.2) is 64.5 Å². The minimum atomic E-state index is -0.115. The summed E-state index contributed by atoms with van der Waals surface area (Å²) in [6.45, 7) is 7.43. The van der Waals surface area contributed by atoms with E-state index in [4.69, 9.17) is 0 Å². The first kappa shape index (κ1) is 24.3. The molecule has 2 amide bonds. The van der Waals surface area contributed by atoms with Crippen LogP contribution in [0.3, 0.4) is 0 Å². The molecular formula is C29H31BrN2O2S. The molecule has 1 aliphatic carbocycles. The third-order valence-electron chi connectivity index (χ3n) is 7.02. The van der Waals surface area contributed by atoms with Crippen molar-refractivity contribution < 1.29 is 9.59 Å². The molecule has 5 rings (SSSR count). The lowest BCUT2D eigenvalue weighted by atomic mass is 9.85. The minimum Gasteiger partial charge on any atom is -0.330 e. The van der Waals surface area contributed by atoms with E-state index in [1.54, 1.807) is 16.2 Å². The Labute approximate surface area is 220 Å². The van der Waals surface area contributed by atoms with Gasteiger partial charge in [0, 0.05) is 27.5 Å². The fourth-order valence-electron chi connectivity index (χ4n) is 4.86. The van der Waals surface area contributed by atoms with Gasteiger partial charge in [0.2, 0.25) is 5.91 Å². The van der Waals surface area contributed by atoms with E-state index in [-0.39, 0.29) is 35.9 Å². The van der Waals surface area contributed by atoms with E-state index in [2.05, 4.69) is 72.4 Å². The van der Waals surface area contributed by atoms with E-state index >= 15 is 0 Å². The molecule has 0 saturated heterocycles. The predicted octanol–water partition coefficient (Wildman–Crippen LogP) is 6.59. The number of rotatable bonds is 5. The second-order valence-corrected chi connectivity index (χ2v) is 12.5. The molecule has 6 heteroatoms. The molecule has 182 valence electrons. The van der Waals surface area contributed by atoms with E-state index in [0.717, 1.165) is 29.3 Å². The van der Waals surface area contributed by atoms with Crippen LogP contribution in [0.4, 0.5) is 0 Å². The summed E-state index contributed by atoms with van der Waals surface area (Å²) in [6.07, 6.45) is 2.78. The molecule has 35 heavy (non-hydrogen) atoms. The van der Waals surface area contributed by atoms with Crippen molar-refractivity contribution in [1.82, 2.24) is 9.80 Å². The molecule has 4 nitrogen and oxygen atoms in total. The van der Waals surface area contributed by atoms with Gasteiger partial charge in [0.25, 0.3) is 5.91 Å². The van der Waals surface area contributed by atoms with Gasteiger partial charge < -0.3 is 9.80 Å². The molecule has 1 aromatic heterocycles. The number of thiophene rings is 1. The Balaban J connectivity index is 1.42. The van der Waals surface area contributed by atoms with Crippen LogP contribution in [-0.2, 0) is 16.6 Å². The van der Waals surface area contributed by atoms with E-state index in [1.807, 2.05) is 29.2 Å². The topological polar surface area (TPSA) is 40.6 Å². The van der Waals surface area contributed by atoms with Gasteiger partial charge in [-0.05, 0) is 77.1 Å². The number of carbonyl (C=O) groups excluding carboxylic acids is 2.